The van der Waals surface area contributed by atoms with Crippen LogP contribution in [-0.4, -0.2) is 33.7 Å². The van der Waals surface area contributed by atoms with Gasteiger partial charge in [0, 0.05) is 5.56 Å². The van der Waals surface area contributed by atoms with Gasteiger partial charge in [-0.25, -0.2) is 0 Å². The van der Waals surface area contributed by atoms with Crippen LogP contribution in [-0.2, 0) is 0 Å². The van der Waals surface area contributed by atoms with Gasteiger partial charge in [-0.1, -0.05) is 42.5 Å². The Labute approximate surface area is 135 Å². The minimum atomic E-state index is -0.685. The van der Waals surface area contributed by atoms with Crippen LogP contribution in [0.25, 0.3) is 0 Å². The van der Waals surface area contributed by atoms with E-state index in [1.54, 1.807) is 18.2 Å². The minimum Gasteiger partial charge on any atom is -0.504 e. The van der Waals surface area contributed by atoms with E-state index in [9.17, 15) is 10.3 Å². The minimum absolute atomic E-state index is 0.00656. The second kappa shape index (κ2) is 5.68. The zero-order valence-electron chi connectivity index (χ0n) is 13.4. The molecule has 0 bridgehead atoms. The van der Waals surface area contributed by atoms with Crippen LogP contribution in [0.1, 0.15) is 31.1 Å². The van der Waals surface area contributed by atoms with Gasteiger partial charge in [-0.3, -0.25) is 4.99 Å². The Morgan fingerprint density at radius 1 is 1.09 bits per heavy atom. The molecule has 23 heavy (non-hydrogen) atoms. The van der Waals surface area contributed by atoms with Crippen molar-refractivity contribution >= 4 is 5.71 Å². The average molecular weight is 312 g/mol. The van der Waals surface area contributed by atoms with Gasteiger partial charge in [0.05, 0.1) is 18.4 Å². The molecule has 3 rings (SSSR count). The molecule has 0 fully saturated rings. The molecule has 120 valence electrons. The molecule has 0 amide bonds. The summed E-state index contributed by atoms with van der Waals surface area (Å²) in [4.78, 5) is 4.68. The van der Waals surface area contributed by atoms with Crippen molar-refractivity contribution in [2.24, 2.45) is 4.99 Å². The molecule has 0 aromatic heterocycles. The van der Waals surface area contributed by atoms with Crippen molar-refractivity contribution < 1.29 is 15.1 Å². The molecule has 1 aliphatic rings. The average Bonchev–Trinajstić information content (AvgIpc) is 2.79. The van der Waals surface area contributed by atoms with Gasteiger partial charge < -0.3 is 15.1 Å². The Balaban J connectivity index is 2.10. The van der Waals surface area contributed by atoms with Crippen molar-refractivity contribution in [3.05, 3.63) is 59.7 Å². The number of nitrogens with zero attached hydrogens (tertiary/aromatic N) is 2. The van der Waals surface area contributed by atoms with E-state index in [0.717, 1.165) is 11.3 Å². The van der Waals surface area contributed by atoms with E-state index in [-0.39, 0.29) is 5.75 Å². The van der Waals surface area contributed by atoms with Gasteiger partial charge in [0.15, 0.2) is 17.7 Å². The van der Waals surface area contributed by atoms with Crippen LogP contribution in [0, 0.1) is 0 Å². The molecule has 2 aromatic rings. The summed E-state index contributed by atoms with van der Waals surface area (Å²) in [7, 11) is 1.49. The molecule has 5 nitrogen and oxygen atoms in total. The Bertz CT molecular complexity index is 741. The lowest BCUT2D eigenvalue weighted by Crippen LogP contribution is -2.44. The van der Waals surface area contributed by atoms with Gasteiger partial charge in [0.25, 0.3) is 0 Å². The van der Waals surface area contributed by atoms with Crippen LogP contribution in [0.3, 0.4) is 0 Å². The Morgan fingerprint density at radius 2 is 1.78 bits per heavy atom. The van der Waals surface area contributed by atoms with Gasteiger partial charge in [-0.15, -0.1) is 0 Å². The number of hydrogen-bond donors (Lipinski definition) is 2. The molecule has 0 saturated carbocycles. The second-order valence-corrected chi connectivity index (χ2v) is 6.02. The van der Waals surface area contributed by atoms with Crippen LogP contribution >= 0.6 is 0 Å². The zero-order valence-corrected chi connectivity index (χ0v) is 13.4. The van der Waals surface area contributed by atoms with E-state index in [4.69, 9.17) is 4.74 Å². The largest absolute Gasteiger partial charge is 0.504 e. The number of aromatic hydroxyl groups is 1. The van der Waals surface area contributed by atoms with Gasteiger partial charge in [-0.2, -0.15) is 5.06 Å². The predicted molar refractivity (Wildman–Crippen MR) is 88.1 cm³/mol. The lowest BCUT2D eigenvalue weighted by atomic mass is 9.93. The molecular weight excluding hydrogens is 292 g/mol. The molecule has 1 unspecified atom stereocenters. The number of ether oxygens (including phenoxy) is 1. The molecule has 5 heteroatoms. The van der Waals surface area contributed by atoms with Gasteiger partial charge in [-0.05, 0) is 25.5 Å². The topological polar surface area (TPSA) is 65.3 Å². The zero-order chi connectivity index (χ0) is 16.6. The maximum atomic E-state index is 10.7. The summed E-state index contributed by atoms with van der Waals surface area (Å²) in [5.41, 5.74) is 1.54. The van der Waals surface area contributed by atoms with Crippen molar-refractivity contribution in [1.82, 2.24) is 5.06 Å². The molecular formula is C18H20N2O3. The van der Waals surface area contributed by atoms with E-state index in [0.29, 0.717) is 11.3 Å². The third kappa shape index (κ3) is 2.48. The highest BCUT2D eigenvalue weighted by molar-refractivity contribution is 6.08. The Kier molecular flexibility index (Phi) is 3.83. The highest BCUT2D eigenvalue weighted by Crippen LogP contribution is 2.43. The van der Waals surface area contributed by atoms with Gasteiger partial charge >= 0.3 is 0 Å². The summed E-state index contributed by atoms with van der Waals surface area (Å²) in [5, 5.41) is 22.2. The van der Waals surface area contributed by atoms with Crippen LogP contribution in [0.15, 0.2) is 53.5 Å². The smallest absolute Gasteiger partial charge is 0.164 e. The van der Waals surface area contributed by atoms with Crippen molar-refractivity contribution in [2.75, 3.05) is 7.11 Å². The molecule has 1 heterocycles. The first-order valence-corrected chi connectivity index (χ1v) is 7.44. The fraction of sp³-hybridized carbons (Fsp3) is 0.278. The number of hydroxylamine groups is 2. The number of rotatable bonds is 3. The summed E-state index contributed by atoms with van der Waals surface area (Å²) < 4.78 is 5.15. The first kappa shape index (κ1) is 15.5. The number of para-hydroxylation sites is 1. The van der Waals surface area contributed by atoms with Crippen molar-refractivity contribution in [1.29, 1.82) is 0 Å². The number of aliphatic imine (C=N–C) groups is 1. The number of benzene rings is 2. The normalized spacial score (nSPS) is 20.3. The van der Waals surface area contributed by atoms with E-state index < -0.39 is 11.7 Å². The second-order valence-electron chi connectivity index (χ2n) is 6.02. The molecule has 1 atom stereocenters. The van der Waals surface area contributed by atoms with Crippen molar-refractivity contribution in [3.8, 4) is 11.5 Å². The highest BCUT2D eigenvalue weighted by Gasteiger charge is 2.44. The fourth-order valence-electron chi connectivity index (χ4n) is 2.89. The first-order chi connectivity index (χ1) is 11.0. The van der Waals surface area contributed by atoms with E-state index >= 15 is 0 Å². The standard InChI is InChI=1S/C18H20N2O3/c1-18(2)16(12-8-5-4-6-9-12)19-17(20(18)22)13-10-7-11-14(23-3)15(13)21/h4-11,17,21-22H,1-3H3. The third-order valence-electron chi connectivity index (χ3n) is 4.21. The quantitative estimate of drug-likeness (QED) is 0.912. The van der Waals surface area contributed by atoms with E-state index in [2.05, 4.69) is 4.99 Å². The molecule has 0 radical (unpaired) electrons. The summed E-state index contributed by atoms with van der Waals surface area (Å²) in [6.45, 7) is 3.80. The molecule has 2 N–H and O–H groups in total. The van der Waals surface area contributed by atoms with Crippen molar-refractivity contribution in [3.63, 3.8) is 0 Å². The first-order valence-electron chi connectivity index (χ1n) is 7.44. The number of phenols is 1. The SMILES string of the molecule is COc1cccc(C2N=C(c3ccccc3)C(C)(C)N2O)c1O. The molecule has 0 saturated heterocycles. The Morgan fingerprint density at radius 3 is 2.43 bits per heavy atom. The Hall–Kier alpha value is -2.37. The van der Waals surface area contributed by atoms with E-state index in [1.807, 2.05) is 44.2 Å². The fourth-order valence-corrected chi connectivity index (χ4v) is 2.89. The van der Waals surface area contributed by atoms with Crippen LogP contribution in [0.4, 0.5) is 0 Å². The summed E-state index contributed by atoms with van der Waals surface area (Å²) in [6, 6.07) is 14.9. The summed E-state index contributed by atoms with van der Waals surface area (Å²) >= 11 is 0. The lowest BCUT2D eigenvalue weighted by molar-refractivity contribution is -0.159. The maximum Gasteiger partial charge on any atom is 0.164 e. The van der Waals surface area contributed by atoms with Gasteiger partial charge in [0.1, 0.15) is 0 Å². The summed E-state index contributed by atoms with van der Waals surface area (Å²) in [6.07, 6.45) is -0.685. The van der Waals surface area contributed by atoms with E-state index in [1.165, 1.54) is 12.2 Å². The number of phenolic OH excluding ortho intramolecular Hbond substituents is 1. The number of methoxy groups -OCH3 is 1. The number of hydrogen-bond acceptors (Lipinski definition) is 5. The maximum absolute atomic E-state index is 10.7. The third-order valence-corrected chi connectivity index (χ3v) is 4.21. The van der Waals surface area contributed by atoms with Crippen molar-refractivity contribution in [2.45, 2.75) is 25.6 Å². The molecule has 0 spiro atoms. The predicted octanol–water partition coefficient (Wildman–Crippen LogP) is 3.37. The van der Waals surface area contributed by atoms with Crippen LogP contribution in [0.2, 0.25) is 0 Å². The van der Waals surface area contributed by atoms with Crippen LogP contribution in [0.5, 0.6) is 11.5 Å². The highest BCUT2D eigenvalue weighted by atomic mass is 16.5. The molecule has 2 aromatic carbocycles. The summed E-state index contributed by atoms with van der Waals surface area (Å²) in [5.74, 6) is 0.352. The molecule has 0 aliphatic carbocycles. The monoisotopic (exact) mass is 312 g/mol. The lowest BCUT2D eigenvalue weighted by Gasteiger charge is -2.30. The molecule has 1 aliphatic heterocycles. The van der Waals surface area contributed by atoms with Crippen LogP contribution < -0.4 is 4.74 Å². The van der Waals surface area contributed by atoms with Gasteiger partial charge in [0.2, 0.25) is 0 Å².